The van der Waals surface area contributed by atoms with Crippen molar-refractivity contribution in [2.75, 3.05) is 31.8 Å². The van der Waals surface area contributed by atoms with Crippen LogP contribution in [0.25, 0.3) is 0 Å². The highest BCUT2D eigenvalue weighted by Crippen LogP contribution is 2.32. The predicted octanol–water partition coefficient (Wildman–Crippen LogP) is 1.89. The summed E-state index contributed by atoms with van der Waals surface area (Å²) in [5.41, 5.74) is 1.07. The van der Waals surface area contributed by atoms with Crippen LogP contribution in [-0.4, -0.2) is 43.9 Å². The number of pyridine rings is 1. The number of anilines is 1. The molecule has 8 heteroatoms. The Labute approximate surface area is 157 Å². The van der Waals surface area contributed by atoms with Gasteiger partial charge in [0, 0.05) is 38.9 Å². The van der Waals surface area contributed by atoms with Crippen LogP contribution < -0.4 is 25.0 Å². The van der Waals surface area contributed by atoms with E-state index < -0.39 is 0 Å². The zero-order chi connectivity index (χ0) is 18.6. The fourth-order valence-corrected chi connectivity index (χ4v) is 3.31. The van der Waals surface area contributed by atoms with E-state index in [1.54, 1.807) is 19.3 Å². The summed E-state index contributed by atoms with van der Waals surface area (Å²) in [7, 11) is 1.74. The molecule has 1 saturated heterocycles. The zero-order valence-corrected chi connectivity index (χ0v) is 15.1. The SMILES string of the molecule is CN=C(NCc1ccc2c(c1)OCO2)NC1CCN(c2ncccc2F)C1. The maximum atomic E-state index is 13.9. The molecule has 2 aliphatic heterocycles. The van der Waals surface area contributed by atoms with E-state index in [1.165, 1.54) is 6.07 Å². The Morgan fingerprint density at radius 2 is 2.22 bits per heavy atom. The molecule has 2 aliphatic rings. The average molecular weight is 371 g/mol. The number of rotatable bonds is 4. The lowest BCUT2D eigenvalue weighted by molar-refractivity contribution is 0.174. The number of hydrogen-bond donors (Lipinski definition) is 2. The summed E-state index contributed by atoms with van der Waals surface area (Å²) in [6.45, 7) is 2.31. The van der Waals surface area contributed by atoms with Crippen molar-refractivity contribution in [2.24, 2.45) is 4.99 Å². The Kier molecular flexibility index (Phi) is 4.95. The van der Waals surface area contributed by atoms with Crippen LogP contribution in [0.1, 0.15) is 12.0 Å². The fourth-order valence-electron chi connectivity index (χ4n) is 3.31. The van der Waals surface area contributed by atoms with Crippen molar-refractivity contribution in [3.63, 3.8) is 0 Å². The number of ether oxygens (including phenoxy) is 2. The van der Waals surface area contributed by atoms with Crippen LogP contribution in [-0.2, 0) is 6.54 Å². The van der Waals surface area contributed by atoms with Crippen LogP contribution in [0, 0.1) is 5.82 Å². The van der Waals surface area contributed by atoms with Crippen molar-refractivity contribution in [2.45, 2.75) is 19.0 Å². The number of aromatic nitrogens is 1. The van der Waals surface area contributed by atoms with E-state index in [1.807, 2.05) is 23.1 Å². The average Bonchev–Trinajstić information content (AvgIpc) is 3.34. The van der Waals surface area contributed by atoms with Crippen molar-refractivity contribution < 1.29 is 13.9 Å². The Balaban J connectivity index is 1.31. The summed E-state index contributed by atoms with van der Waals surface area (Å²) in [4.78, 5) is 10.4. The van der Waals surface area contributed by atoms with E-state index in [0.717, 1.165) is 30.0 Å². The molecule has 1 unspecified atom stereocenters. The first-order valence-electron chi connectivity index (χ1n) is 8.94. The topological polar surface area (TPSA) is 71.0 Å². The number of hydrogen-bond acceptors (Lipinski definition) is 5. The maximum Gasteiger partial charge on any atom is 0.231 e. The molecule has 0 amide bonds. The first kappa shape index (κ1) is 17.4. The molecule has 1 atom stereocenters. The Morgan fingerprint density at radius 3 is 3.07 bits per heavy atom. The van der Waals surface area contributed by atoms with E-state index in [0.29, 0.717) is 24.9 Å². The second-order valence-corrected chi connectivity index (χ2v) is 6.50. The monoisotopic (exact) mass is 371 g/mol. The van der Waals surface area contributed by atoms with Crippen molar-refractivity contribution in [3.8, 4) is 11.5 Å². The van der Waals surface area contributed by atoms with Crippen LogP contribution in [0.2, 0.25) is 0 Å². The molecule has 0 aliphatic carbocycles. The molecule has 142 valence electrons. The van der Waals surface area contributed by atoms with Crippen molar-refractivity contribution in [1.29, 1.82) is 0 Å². The summed E-state index contributed by atoms with van der Waals surface area (Å²) < 4.78 is 24.7. The van der Waals surface area contributed by atoms with Crippen molar-refractivity contribution in [1.82, 2.24) is 15.6 Å². The lowest BCUT2D eigenvalue weighted by Gasteiger charge is -2.20. The van der Waals surface area contributed by atoms with E-state index in [2.05, 4.69) is 20.6 Å². The highest BCUT2D eigenvalue weighted by Gasteiger charge is 2.26. The molecule has 4 rings (SSSR count). The van der Waals surface area contributed by atoms with Gasteiger partial charge in [-0.2, -0.15) is 0 Å². The van der Waals surface area contributed by atoms with Gasteiger partial charge in [-0.05, 0) is 36.2 Å². The van der Waals surface area contributed by atoms with Gasteiger partial charge in [0.15, 0.2) is 29.1 Å². The molecule has 0 saturated carbocycles. The van der Waals surface area contributed by atoms with E-state index >= 15 is 0 Å². The Bertz CT molecular complexity index is 845. The molecule has 1 aromatic carbocycles. The van der Waals surface area contributed by atoms with Crippen LogP contribution in [0.4, 0.5) is 10.2 Å². The van der Waals surface area contributed by atoms with Gasteiger partial charge in [-0.1, -0.05) is 6.07 Å². The number of halogens is 1. The van der Waals surface area contributed by atoms with Gasteiger partial charge >= 0.3 is 0 Å². The second-order valence-electron chi connectivity index (χ2n) is 6.50. The van der Waals surface area contributed by atoms with Crippen molar-refractivity contribution >= 4 is 11.8 Å². The summed E-state index contributed by atoms with van der Waals surface area (Å²) in [5, 5.41) is 6.70. The first-order valence-corrected chi connectivity index (χ1v) is 8.94. The van der Waals surface area contributed by atoms with Crippen LogP contribution in [0.5, 0.6) is 11.5 Å². The van der Waals surface area contributed by atoms with Crippen LogP contribution >= 0.6 is 0 Å². The molecule has 2 N–H and O–H groups in total. The van der Waals surface area contributed by atoms with E-state index in [4.69, 9.17) is 9.47 Å². The van der Waals surface area contributed by atoms with Gasteiger partial charge in [-0.15, -0.1) is 0 Å². The molecule has 3 heterocycles. The smallest absolute Gasteiger partial charge is 0.231 e. The summed E-state index contributed by atoms with van der Waals surface area (Å²) in [6, 6.07) is 9.08. The summed E-state index contributed by atoms with van der Waals surface area (Å²) in [6.07, 6.45) is 2.51. The van der Waals surface area contributed by atoms with Crippen molar-refractivity contribution in [3.05, 3.63) is 47.9 Å². The molecule has 0 spiro atoms. The van der Waals surface area contributed by atoms with Gasteiger partial charge in [-0.3, -0.25) is 4.99 Å². The molecular formula is C19H22FN5O2. The number of fused-ring (bicyclic) bond motifs is 1. The van der Waals surface area contributed by atoms with Crippen LogP contribution in [0.3, 0.4) is 0 Å². The maximum absolute atomic E-state index is 13.9. The number of benzene rings is 1. The highest BCUT2D eigenvalue weighted by atomic mass is 19.1. The third kappa shape index (κ3) is 3.89. The number of guanidine groups is 1. The Hall–Kier alpha value is -3.03. The first-order chi connectivity index (χ1) is 13.2. The van der Waals surface area contributed by atoms with Gasteiger partial charge in [0.05, 0.1) is 0 Å². The molecule has 27 heavy (non-hydrogen) atoms. The molecule has 1 fully saturated rings. The van der Waals surface area contributed by atoms with Gasteiger partial charge in [0.25, 0.3) is 0 Å². The number of nitrogens with zero attached hydrogens (tertiary/aromatic N) is 3. The van der Waals surface area contributed by atoms with E-state index in [-0.39, 0.29) is 18.7 Å². The number of aliphatic imine (C=N–C) groups is 1. The summed E-state index contributed by atoms with van der Waals surface area (Å²) >= 11 is 0. The van der Waals surface area contributed by atoms with Crippen LogP contribution in [0.15, 0.2) is 41.5 Å². The third-order valence-electron chi connectivity index (χ3n) is 4.69. The third-order valence-corrected chi connectivity index (χ3v) is 4.69. The Morgan fingerprint density at radius 1 is 1.33 bits per heavy atom. The molecule has 0 bridgehead atoms. The molecule has 0 radical (unpaired) electrons. The largest absolute Gasteiger partial charge is 0.454 e. The molecule has 7 nitrogen and oxygen atoms in total. The molecule has 1 aromatic heterocycles. The minimum Gasteiger partial charge on any atom is -0.454 e. The van der Waals surface area contributed by atoms with Gasteiger partial charge in [0.1, 0.15) is 0 Å². The zero-order valence-electron chi connectivity index (χ0n) is 15.1. The van der Waals surface area contributed by atoms with E-state index in [9.17, 15) is 4.39 Å². The van der Waals surface area contributed by atoms with Gasteiger partial charge in [-0.25, -0.2) is 9.37 Å². The second kappa shape index (κ2) is 7.69. The standard InChI is InChI=1S/C19H22FN5O2/c1-21-19(23-10-13-4-5-16-17(9-13)27-12-26-16)24-14-6-8-25(11-14)18-15(20)3-2-7-22-18/h2-5,7,9,14H,6,8,10-12H2,1H3,(H2,21,23,24). The van der Waals surface area contributed by atoms with Gasteiger partial charge in [0.2, 0.25) is 6.79 Å². The fraction of sp³-hybridized carbons (Fsp3) is 0.368. The molecule has 2 aromatic rings. The highest BCUT2D eigenvalue weighted by molar-refractivity contribution is 5.80. The summed E-state index contributed by atoms with van der Waals surface area (Å²) in [5.74, 6) is 2.37. The minimum atomic E-state index is -0.288. The minimum absolute atomic E-state index is 0.175. The quantitative estimate of drug-likeness (QED) is 0.632. The van der Waals surface area contributed by atoms with Gasteiger partial charge < -0.3 is 25.0 Å². The predicted molar refractivity (Wildman–Crippen MR) is 101 cm³/mol. The normalized spacial score (nSPS) is 18.7. The number of nitrogens with one attached hydrogen (secondary N) is 2. The molecular weight excluding hydrogens is 349 g/mol. The lowest BCUT2D eigenvalue weighted by Crippen LogP contribution is -2.44. The lowest BCUT2D eigenvalue weighted by atomic mass is 10.2.